The van der Waals surface area contributed by atoms with E-state index in [0.717, 1.165) is 46.7 Å². The molecule has 0 atom stereocenters. The van der Waals surface area contributed by atoms with Gasteiger partial charge >= 0.3 is 0 Å². The highest BCUT2D eigenvalue weighted by molar-refractivity contribution is 5.93. The van der Waals surface area contributed by atoms with E-state index >= 15 is 0 Å². The fourth-order valence-electron chi connectivity index (χ4n) is 3.68. The summed E-state index contributed by atoms with van der Waals surface area (Å²) in [6, 6.07) is 15.8. The fraction of sp³-hybridized carbons (Fsp3) is 0.240. The van der Waals surface area contributed by atoms with Gasteiger partial charge in [0, 0.05) is 5.56 Å². The summed E-state index contributed by atoms with van der Waals surface area (Å²) in [6.45, 7) is 4.02. The number of ether oxygens (including phenoxy) is 1. The summed E-state index contributed by atoms with van der Waals surface area (Å²) in [5.74, 6) is 1.27. The van der Waals surface area contributed by atoms with E-state index < -0.39 is 0 Å². The number of anilines is 1. The zero-order valence-electron chi connectivity index (χ0n) is 17.5. The topological polar surface area (TPSA) is 64.1 Å². The number of benzene rings is 2. The van der Waals surface area contributed by atoms with Crippen molar-refractivity contribution < 1.29 is 9.53 Å². The van der Waals surface area contributed by atoms with Crippen LogP contribution in [-0.4, -0.2) is 23.0 Å². The monoisotopic (exact) mass is 399 g/mol. The van der Waals surface area contributed by atoms with E-state index in [1.54, 1.807) is 7.11 Å². The van der Waals surface area contributed by atoms with E-state index in [1.807, 2.05) is 62.4 Å². The molecule has 1 aliphatic carbocycles. The number of aryl methyl sites for hydroxylation is 2. The van der Waals surface area contributed by atoms with E-state index in [-0.39, 0.29) is 5.91 Å². The van der Waals surface area contributed by atoms with E-state index in [2.05, 4.69) is 11.4 Å². The number of nitrogens with one attached hydrogen (secondary N) is 1. The maximum Gasteiger partial charge on any atom is 0.230 e. The first-order chi connectivity index (χ1) is 14.5. The van der Waals surface area contributed by atoms with Crippen LogP contribution in [0.5, 0.6) is 5.75 Å². The highest BCUT2D eigenvalue weighted by Gasteiger charge is 2.22. The molecule has 0 saturated heterocycles. The zero-order chi connectivity index (χ0) is 21.1. The molecule has 0 fully saturated rings. The molecule has 2 aromatic carbocycles. The van der Waals surface area contributed by atoms with Crippen molar-refractivity contribution in [2.24, 2.45) is 0 Å². The number of hydrogen-bond acceptors (Lipinski definition) is 4. The summed E-state index contributed by atoms with van der Waals surface area (Å²) < 4.78 is 5.36. The first-order valence-electron chi connectivity index (χ1n) is 10.1. The van der Waals surface area contributed by atoms with Crippen LogP contribution in [0.1, 0.15) is 36.4 Å². The molecular formula is C25H25N3O2. The maximum atomic E-state index is 12.6. The Morgan fingerprint density at radius 1 is 1.10 bits per heavy atom. The summed E-state index contributed by atoms with van der Waals surface area (Å²) >= 11 is 0. The van der Waals surface area contributed by atoms with Crippen molar-refractivity contribution in [1.29, 1.82) is 0 Å². The Labute approximate surface area is 176 Å². The molecule has 0 spiro atoms. The second-order valence-corrected chi connectivity index (χ2v) is 7.71. The summed E-state index contributed by atoms with van der Waals surface area (Å²) in [5, 5.41) is 2.98. The minimum atomic E-state index is -0.0974. The van der Waals surface area contributed by atoms with Gasteiger partial charge in [-0.1, -0.05) is 35.9 Å². The number of aromatic nitrogens is 2. The lowest BCUT2D eigenvalue weighted by Gasteiger charge is -2.21. The van der Waals surface area contributed by atoms with Gasteiger partial charge < -0.3 is 10.1 Å². The highest BCUT2D eigenvalue weighted by Crippen LogP contribution is 2.35. The van der Waals surface area contributed by atoms with Crippen LogP contribution in [0.2, 0.25) is 0 Å². The SMILES string of the molecule is COc1ccc2c(c1)CCc1nc(NC(=O)Cc3ccccc3)c(C=C(C)C)nc1-2. The lowest BCUT2D eigenvalue weighted by Crippen LogP contribution is -2.19. The van der Waals surface area contributed by atoms with Crippen LogP contribution in [-0.2, 0) is 24.1 Å². The Morgan fingerprint density at radius 3 is 2.63 bits per heavy atom. The Kier molecular flexibility index (Phi) is 5.61. The number of amides is 1. The molecule has 1 aliphatic rings. The minimum Gasteiger partial charge on any atom is -0.497 e. The van der Waals surface area contributed by atoms with E-state index in [9.17, 15) is 4.79 Å². The number of carbonyl (C=O) groups is 1. The van der Waals surface area contributed by atoms with Gasteiger partial charge in [-0.25, -0.2) is 9.97 Å². The predicted molar refractivity (Wildman–Crippen MR) is 120 cm³/mol. The number of fused-ring (bicyclic) bond motifs is 3. The van der Waals surface area contributed by atoms with E-state index in [0.29, 0.717) is 17.9 Å². The Morgan fingerprint density at radius 2 is 1.90 bits per heavy atom. The molecule has 0 saturated carbocycles. The van der Waals surface area contributed by atoms with Crippen LogP contribution in [0, 0.1) is 0 Å². The Balaban J connectivity index is 1.70. The largest absolute Gasteiger partial charge is 0.497 e. The summed E-state index contributed by atoms with van der Waals surface area (Å²) in [4.78, 5) is 22.4. The molecule has 5 nitrogen and oxygen atoms in total. The average molecular weight is 399 g/mol. The first-order valence-corrected chi connectivity index (χ1v) is 10.1. The third-order valence-electron chi connectivity index (χ3n) is 5.08. The Hall–Kier alpha value is -3.47. The van der Waals surface area contributed by atoms with Gasteiger partial charge in [0.25, 0.3) is 0 Å². The molecule has 4 rings (SSSR count). The number of nitrogens with zero attached hydrogens (tertiary/aromatic N) is 2. The molecule has 30 heavy (non-hydrogen) atoms. The lowest BCUT2D eigenvalue weighted by atomic mass is 9.91. The highest BCUT2D eigenvalue weighted by atomic mass is 16.5. The molecule has 1 N–H and O–H groups in total. The number of rotatable bonds is 5. The van der Waals surface area contributed by atoms with Gasteiger partial charge in [-0.3, -0.25) is 4.79 Å². The molecule has 5 heteroatoms. The van der Waals surface area contributed by atoms with Gasteiger partial charge in [-0.15, -0.1) is 0 Å². The van der Waals surface area contributed by atoms with Crippen molar-refractivity contribution in [2.45, 2.75) is 33.1 Å². The number of carbonyl (C=O) groups excluding carboxylic acids is 1. The summed E-state index contributed by atoms with van der Waals surface area (Å²) in [7, 11) is 1.68. The van der Waals surface area contributed by atoms with Crippen LogP contribution in [0.3, 0.4) is 0 Å². The number of allylic oxidation sites excluding steroid dienone is 1. The van der Waals surface area contributed by atoms with E-state index in [4.69, 9.17) is 14.7 Å². The second-order valence-electron chi connectivity index (χ2n) is 7.71. The van der Waals surface area contributed by atoms with Crippen molar-refractivity contribution in [3.8, 4) is 17.0 Å². The smallest absolute Gasteiger partial charge is 0.230 e. The van der Waals surface area contributed by atoms with Crippen molar-refractivity contribution in [3.05, 3.63) is 76.6 Å². The molecule has 1 heterocycles. The fourth-order valence-corrected chi connectivity index (χ4v) is 3.68. The third-order valence-corrected chi connectivity index (χ3v) is 5.08. The molecule has 0 bridgehead atoms. The van der Waals surface area contributed by atoms with Crippen LogP contribution < -0.4 is 10.1 Å². The van der Waals surface area contributed by atoms with Gasteiger partial charge in [0.2, 0.25) is 5.91 Å². The van der Waals surface area contributed by atoms with Crippen LogP contribution in [0.15, 0.2) is 54.1 Å². The molecule has 0 aliphatic heterocycles. The molecular weight excluding hydrogens is 374 g/mol. The summed E-state index contributed by atoms with van der Waals surface area (Å²) in [5.41, 5.74) is 6.82. The lowest BCUT2D eigenvalue weighted by molar-refractivity contribution is -0.115. The predicted octanol–water partition coefficient (Wildman–Crippen LogP) is 4.86. The molecule has 0 unspecified atom stereocenters. The molecule has 3 aromatic rings. The van der Waals surface area contributed by atoms with Gasteiger partial charge in [0.15, 0.2) is 5.82 Å². The van der Waals surface area contributed by atoms with Gasteiger partial charge in [0.05, 0.1) is 24.9 Å². The van der Waals surface area contributed by atoms with Crippen molar-refractivity contribution in [1.82, 2.24) is 9.97 Å². The van der Waals surface area contributed by atoms with E-state index in [1.165, 1.54) is 5.56 Å². The van der Waals surface area contributed by atoms with Gasteiger partial charge in [-0.2, -0.15) is 0 Å². The molecule has 0 radical (unpaired) electrons. The third kappa shape index (κ3) is 4.25. The standard InChI is InChI=1S/C25H25N3O2/c1-16(2)13-22-25(28-23(29)14-17-7-5-4-6-8-17)27-21-12-9-18-15-19(30-3)10-11-20(18)24(21)26-22/h4-8,10-11,13,15H,9,12,14H2,1-3H3,(H,27,28,29). The normalized spacial score (nSPS) is 11.8. The van der Waals surface area contributed by atoms with Crippen LogP contribution in [0.4, 0.5) is 5.82 Å². The average Bonchev–Trinajstić information content (AvgIpc) is 2.74. The number of methoxy groups -OCH3 is 1. The second kappa shape index (κ2) is 8.49. The molecule has 1 amide bonds. The molecule has 1 aromatic heterocycles. The Bertz CT molecular complexity index is 1120. The summed E-state index contributed by atoms with van der Waals surface area (Å²) in [6.07, 6.45) is 3.91. The zero-order valence-corrected chi connectivity index (χ0v) is 17.5. The van der Waals surface area contributed by atoms with Crippen LogP contribution in [0.25, 0.3) is 17.3 Å². The van der Waals surface area contributed by atoms with Gasteiger partial charge in [0.1, 0.15) is 11.4 Å². The van der Waals surface area contributed by atoms with Crippen LogP contribution >= 0.6 is 0 Å². The first kappa shape index (κ1) is 19.8. The van der Waals surface area contributed by atoms with Crippen molar-refractivity contribution in [3.63, 3.8) is 0 Å². The maximum absolute atomic E-state index is 12.6. The quantitative estimate of drug-likeness (QED) is 0.666. The molecule has 152 valence electrons. The minimum absolute atomic E-state index is 0.0974. The van der Waals surface area contributed by atoms with Crippen molar-refractivity contribution in [2.75, 3.05) is 12.4 Å². The van der Waals surface area contributed by atoms with Crippen molar-refractivity contribution >= 4 is 17.8 Å². The number of hydrogen-bond donors (Lipinski definition) is 1. The van der Waals surface area contributed by atoms with Gasteiger partial charge in [-0.05, 0) is 62.1 Å².